The van der Waals surface area contributed by atoms with Crippen LogP contribution in [0.1, 0.15) is 58.8 Å². The zero-order valence-corrected chi connectivity index (χ0v) is 21.7. The highest BCUT2D eigenvalue weighted by Crippen LogP contribution is 2.60. The van der Waals surface area contributed by atoms with Gasteiger partial charge in [-0.25, -0.2) is 0 Å². The second kappa shape index (κ2) is 9.90. The van der Waals surface area contributed by atoms with Crippen LogP contribution in [0, 0.1) is 17.8 Å². The number of aliphatic carboxylic acids is 1. The van der Waals surface area contributed by atoms with E-state index in [1.807, 2.05) is 18.7 Å². The van der Waals surface area contributed by atoms with Gasteiger partial charge in [0.05, 0.1) is 30.6 Å². The van der Waals surface area contributed by atoms with Crippen molar-refractivity contribution < 1.29 is 29.3 Å². The van der Waals surface area contributed by atoms with Gasteiger partial charge in [-0.1, -0.05) is 55.1 Å². The third-order valence-electron chi connectivity index (χ3n) is 8.22. The van der Waals surface area contributed by atoms with Crippen molar-refractivity contribution in [2.24, 2.45) is 17.8 Å². The van der Waals surface area contributed by atoms with Gasteiger partial charge in [0.15, 0.2) is 0 Å². The standard InChI is InChI=1S/C25H37BrN2O6/c1-4-10-27(15-8-6-5-7-9-15)23(31)21-25-12-17(26)20(34-25)18(24(32)33)19(25)22(30)28(21)16(13-29)11-14(2)3/h4,14-21,29H,1,5-13H2,2-3H3,(H,32,33)/t16-,17?,18+,19-,20+,21+,25-/m1/s1. The van der Waals surface area contributed by atoms with Crippen LogP contribution in [-0.4, -0.2) is 85.6 Å². The summed E-state index contributed by atoms with van der Waals surface area (Å²) in [4.78, 5) is 43.6. The molecule has 3 saturated heterocycles. The number of amides is 2. The predicted molar refractivity (Wildman–Crippen MR) is 129 cm³/mol. The van der Waals surface area contributed by atoms with E-state index in [1.165, 1.54) is 4.90 Å². The van der Waals surface area contributed by atoms with E-state index in [4.69, 9.17) is 4.74 Å². The topological polar surface area (TPSA) is 107 Å². The lowest BCUT2D eigenvalue weighted by atomic mass is 9.70. The van der Waals surface area contributed by atoms with Crippen LogP contribution in [0.15, 0.2) is 12.7 Å². The second-order valence-electron chi connectivity index (χ2n) is 10.8. The Morgan fingerprint density at radius 3 is 2.56 bits per heavy atom. The lowest BCUT2D eigenvalue weighted by Crippen LogP contribution is -2.60. The summed E-state index contributed by atoms with van der Waals surface area (Å²) in [6.07, 6.45) is 6.97. The molecule has 0 aromatic carbocycles. The van der Waals surface area contributed by atoms with Crippen molar-refractivity contribution in [3.05, 3.63) is 12.7 Å². The molecule has 4 fully saturated rings. The number of hydrogen-bond acceptors (Lipinski definition) is 5. The Balaban J connectivity index is 1.80. The summed E-state index contributed by atoms with van der Waals surface area (Å²) in [6, 6.07) is -1.49. The first kappa shape index (κ1) is 25.6. The molecule has 3 aliphatic heterocycles. The van der Waals surface area contributed by atoms with Crippen LogP contribution in [0.25, 0.3) is 0 Å². The van der Waals surface area contributed by atoms with E-state index in [1.54, 1.807) is 6.08 Å². The van der Waals surface area contributed by atoms with Crippen LogP contribution in [0.5, 0.6) is 0 Å². The first-order chi connectivity index (χ1) is 16.2. The van der Waals surface area contributed by atoms with Gasteiger partial charge in [0, 0.05) is 17.4 Å². The number of carbonyl (C=O) groups excluding carboxylic acids is 2. The zero-order chi connectivity index (χ0) is 24.8. The number of likely N-dealkylation sites (tertiary alicyclic amines) is 1. The molecule has 2 N–H and O–H groups in total. The molecule has 2 bridgehead atoms. The van der Waals surface area contributed by atoms with Crippen molar-refractivity contribution in [3.63, 3.8) is 0 Å². The van der Waals surface area contributed by atoms with Crippen molar-refractivity contribution in [2.75, 3.05) is 13.2 Å². The van der Waals surface area contributed by atoms with Crippen molar-refractivity contribution in [1.82, 2.24) is 9.80 Å². The van der Waals surface area contributed by atoms with E-state index in [9.17, 15) is 24.6 Å². The lowest BCUT2D eigenvalue weighted by molar-refractivity contribution is -0.154. The Kier molecular flexibility index (Phi) is 7.46. The van der Waals surface area contributed by atoms with Crippen molar-refractivity contribution >= 4 is 33.7 Å². The summed E-state index contributed by atoms with van der Waals surface area (Å²) in [6.45, 7) is 7.93. The summed E-state index contributed by atoms with van der Waals surface area (Å²) in [5.74, 6) is -3.45. The van der Waals surface area contributed by atoms with Crippen LogP contribution in [-0.2, 0) is 19.1 Å². The van der Waals surface area contributed by atoms with E-state index in [0.29, 0.717) is 19.4 Å². The van der Waals surface area contributed by atoms with Gasteiger partial charge in [0.1, 0.15) is 11.6 Å². The van der Waals surface area contributed by atoms with Gasteiger partial charge in [-0.05, 0) is 31.6 Å². The fourth-order valence-electron chi connectivity index (χ4n) is 6.95. The van der Waals surface area contributed by atoms with Crippen LogP contribution in [0.2, 0.25) is 0 Å². The van der Waals surface area contributed by atoms with Gasteiger partial charge < -0.3 is 24.7 Å². The second-order valence-corrected chi connectivity index (χ2v) is 12.0. The molecule has 3 heterocycles. The van der Waals surface area contributed by atoms with E-state index in [0.717, 1.165) is 32.1 Å². The minimum atomic E-state index is -1.21. The molecule has 8 nitrogen and oxygen atoms in total. The molecule has 4 aliphatic rings. The van der Waals surface area contributed by atoms with E-state index in [2.05, 4.69) is 22.5 Å². The number of halogens is 1. The molecule has 7 atom stereocenters. The van der Waals surface area contributed by atoms with Crippen LogP contribution in [0.3, 0.4) is 0 Å². The molecule has 34 heavy (non-hydrogen) atoms. The number of alkyl halides is 1. The predicted octanol–water partition coefficient (Wildman–Crippen LogP) is 2.57. The highest BCUT2D eigenvalue weighted by molar-refractivity contribution is 9.09. The molecule has 1 spiro atoms. The number of fused-ring (bicyclic) bond motifs is 1. The zero-order valence-electron chi connectivity index (χ0n) is 20.1. The summed E-state index contributed by atoms with van der Waals surface area (Å²) < 4.78 is 6.37. The number of hydrogen-bond donors (Lipinski definition) is 2. The molecule has 4 rings (SSSR count). The highest BCUT2D eigenvalue weighted by atomic mass is 79.9. The molecule has 190 valence electrons. The van der Waals surface area contributed by atoms with Crippen molar-refractivity contribution in [2.45, 2.75) is 93.5 Å². The van der Waals surface area contributed by atoms with Crippen LogP contribution < -0.4 is 0 Å². The highest BCUT2D eigenvalue weighted by Gasteiger charge is 2.77. The number of aliphatic hydroxyl groups is 1. The molecule has 1 aliphatic carbocycles. The maximum absolute atomic E-state index is 14.4. The number of ether oxygens (including phenoxy) is 1. The number of rotatable bonds is 9. The SMILES string of the molecule is C=CCN(C(=O)[C@@H]1N([C@@H](CO)CC(C)C)C(=O)[C@H]2[C@H](C(=O)O)[C@H]3O[C@@]12CC3Br)C1CCCCC1. The number of carboxylic acid groups (broad SMARTS) is 1. The summed E-state index contributed by atoms with van der Waals surface area (Å²) in [5.41, 5.74) is -1.21. The molecular formula is C25H37BrN2O6. The van der Waals surface area contributed by atoms with E-state index >= 15 is 0 Å². The average molecular weight is 541 g/mol. The maximum Gasteiger partial charge on any atom is 0.310 e. The molecule has 0 aromatic rings. The van der Waals surface area contributed by atoms with Crippen molar-refractivity contribution in [1.29, 1.82) is 0 Å². The smallest absolute Gasteiger partial charge is 0.310 e. The first-order valence-corrected chi connectivity index (χ1v) is 13.5. The van der Waals surface area contributed by atoms with Gasteiger partial charge in [0.2, 0.25) is 11.8 Å². The third kappa shape index (κ3) is 4.01. The largest absolute Gasteiger partial charge is 0.481 e. The minimum absolute atomic E-state index is 0.0537. The van der Waals surface area contributed by atoms with E-state index in [-0.39, 0.29) is 35.2 Å². The van der Waals surface area contributed by atoms with Gasteiger partial charge >= 0.3 is 5.97 Å². The number of aliphatic hydroxyl groups excluding tert-OH is 1. The summed E-state index contributed by atoms with van der Waals surface area (Å²) in [5, 5.41) is 20.3. The Hall–Kier alpha value is -1.45. The Morgan fingerprint density at radius 2 is 2.00 bits per heavy atom. The van der Waals surface area contributed by atoms with Crippen LogP contribution in [0.4, 0.5) is 0 Å². The molecule has 0 radical (unpaired) electrons. The van der Waals surface area contributed by atoms with Gasteiger partial charge in [-0.2, -0.15) is 0 Å². The Morgan fingerprint density at radius 1 is 1.32 bits per heavy atom. The summed E-state index contributed by atoms with van der Waals surface area (Å²) >= 11 is 3.58. The average Bonchev–Trinajstić information content (AvgIpc) is 3.39. The van der Waals surface area contributed by atoms with Gasteiger partial charge in [0.25, 0.3) is 0 Å². The minimum Gasteiger partial charge on any atom is -0.481 e. The molecular weight excluding hydrogens is 504 g/mol. The molecule has 9 heteroatoms. The fourth-order valence-corrected chi connectivity index (χ4v) is 7.89. The maximum atomic E-state index is 14.4. The van der Waals surface area contributed by atoms with Crippen molar-refractivity contribution in [3.8, 4) is 0 Å². The fraction of sp³-hybridized carbons (Fsp3) is 0.800. The molecule has 2 amide bonds. The van der Waals surface area contributed by atoms with Crippen LogP contribution >= 0.6 is 15.9 Å². The lowest BCUT2D eigenvalue weighted by Gasteiger charge is -2.42. The molecule has 1 saturated carbocycles. The third-order valence-corrected chi connectivity index (χ3v) is 9.06. The molecule has 1 unspecified atom stereocenters. The number of carboxylic acids is 1. The molecule has 0 aromatic heterocycles. The summed E-state index contributed by atoms with van der Waals surface area (Å²) in [7, 11) is 0. The van der Waals surface area contributed by atoms with Gasteiger partial charge in [-0.15, -0.1) is 6.58 Å². The number of carbonyl (C=O) groups is 3. The van der Waals surface area contributed by atoms with E-state index < -0.39 is 41.6 Å². The Labute approximate surface area is 209 Å². The first-order valence-electron chi connectivity index (χ1n) is 12.6. The van der Waals surface area contributed by atoms with Gasteiger partial charge in [-0.3, -0.25) is 14.4 Å². The Bertz CT molecular complexity index is 830. The number of nitrogens with zero attached hydrogens (tertiary/aromatic N) is 2. The normalized spacial score (nSPS) is 36.1. The monoisotopic (exact) mass is 540 g/mol. The quantitative estimate of drug-likeness (QED) is 0.343.